The second-order valence-electron chi connectivity index (χ2n) is 9.40. The fourth-order valence-electron chi connectivity index (χ4n) is 3.41. The van der Waals surface area contributed by atoms with E-state index in [9.17, 15) is 4.79 Å². The monoisotopic (exact) mass is 452 g/mol. The molecule has 9 heteroatoms. The molecule has 0 unspecified atom stereocenters. The van der Waals surface area contributed by atoms with Crippen molar-refractivity contribution >= 4 is 27.5 Å². The zero-order valence-electron chi connectivity index (χ0n) is 19.0. The van der Waals surface area contributed by atoms with Gasteiger partial charge in [-0.15, -0.1) is 11.3 Å². The van der Waals surface area contributed by atoms with Gasteiger partial charge in [-0.2, -0.15) is 10.2 Å². The molecular weight excluding hydrogens is 424 g/mol. The molecule has 1 aromatic carbocycles. The van der Waals surface area contributed by atoms with Crippen LogP contribution in [0.1, 0.15) is 40.4 Å². The Morgan fingerprint density at radius 1 is 1.19 bits per heavy atom. The lowest BCUT2D eigenvalue weighted by Crippen LogP contribution is -2.48. The van der Waals surface area contributed by atoms with Crippen LogP contribution in [0.5, 0.6) is 0 Å². The minimum atomic E-state index is -0.610. The summed E-state index contributed by atoms with van der Waals surface area (Å²) >= 11 is 1.69. The summed E-state index contributed by atoms with van der Waals surface area (Å²) < 4.78 is 10.3. The zero-order valence-corrected chi connectivity index (χ0v) is 19.8. The largest absolute Gasteiger partial charge is 0.444 e. The summed E-state index contributed by atoms with van der Waals surface area (Å²) in [6, 6.07) is 10.3. The molecule has 3 aromatic heterocycles. The van der Waals surface area contributed by atoms with E-state index in [1.807, 2.05) is 51.6 Å². The summed E-state index contributed by atoms with van der Waals surface area (Å²) in [7, 11) is 0. The van der Waals surface area contributed by atoms with Crippen molar-refractivity contribution in [3.8, 4) is 11.4 Å². The van der Waals surface area contributed by atoms with E-state index in [2.05, 4.69) is 40.1 Å². The van der Waals surface area contributed by atoms with Gasteiger partial charge in [-0.3, -0.25) is 4.68 Å². The highest BCUT2D eigenvalue weighted by Crippen LogP contribution is 2.28. The van der Waals surface area contributed by atoms with Crippen molar-refractivity contribution in [1.29, 1.82) is 0 Å². The van der Waals surface area contributed by atoms with Gasteiger partial charge in [-0.25, -0.2) is 14.5 Å². The van der Waals surface area contributed by atoms with Crippen molar-refractivity contribution in [1.82, 2.24) is 29.9 Å². The summed E-state index contributed by atoms with van der Waals surface area (Å²) in [5.74, 6) is 1.41. The third kappa shape index (κ3) is 5.34. The van der Waals surface area contributed by atoms with Crippen LogP contribution < -0.4 is 5.32 Å². The predicted molar refractivity (Wildman–Crippen MR) is 126 cm³/mol. The molecule has 3 heterocycles. The number of benzene rings is 1. The molecule has 1 N–H and O–H groups in total. The molecule has 0 aliphatic heterocycles. The summed E-state index contributed by atoms with van der Waals surface area (Å²) in [5, 5.41) is 15.2. The first-order valence-electron chi connectivity index (χ1n) is 10.5. The Kier molecular flexibility index (Phi) is 5.77. The number of alkyl carbamates (subject to hydrolysis) is 1. The van der Waals surface area contributed by atoms with Crippen molar-refractivity contribution in [3.05, 3.63) is 53.9 Å². The van der Waals surface area contributed by atoms with E-state index in [-0.39, 0.29) is 0 Å². The number of carbonyl (C=O) groups is 1. The van der Waals surface area contributed by atoms with Gasteiger partial charge in [0.2, 0.25) is 0 Å². The Labute approximate surface area is 191 Å². The van der Waals surface area contributed by atoms with Crippen molar-refractivity contribution in [2.45, 2.75) is 58.8 Å². The lowest BCUT2D eigenvalue weighted by atomic mass is 10.1. The maximum Gasteiger partial charge on any atom is 0.408 e. The lowest BCUT2D eigenvalue weighted by Gasteiger charge is -2.28. The maximum absolute atomic E-state index is 12.4. The van der Waals surface area contributed by atoms with Gasteiger partial charge in [0.25, 0.3) is 0 Å². The molecule has 168 valence electrons. The molecule has 0 aliphatic carbocycles. The molecule has 4 aromatic rings. The molecule has 0 aliphatic rings. The molecule has 1 amide bonds. The molecule has 0 bridgehead atoms. The van der Waals surface area contributed by atoms with Gasteiger partial charge in [0.15, 0.2) is 11.6 Å². The van der Waals surface area contributed by atoms with Crippen LogP contribution in [0.2, 0.25) is 0 Å². The maximum atomic E-state index is 12.4. The Bertz CT molecular complexity index is 1220. The highest BCUT2D eigenvalue weighted by molar-refractivity contribution is 7.17. The Balaban J connectivity index is 1.64. The van der Waals surface area contributed by atoms with Crippen LogP contribution in [-0.4, -0.2) is 41.8 Å². The standard InChI is InChI=1S/C23H28N6O2S/c1-22(2,3)31-21(30)26-23(4,5)15-29-20(17-8-7-16-9-12-32-18(16)13-17)25-19(27-29)14-28-11-6-10-24-28/h6-13H,14-15H2,1-5H3,(H,26,30). The third-order valence-electron chi connectivity index (χ3n) is 4.68. The molecule has 8 nitrogen and oxygen atoms in total. The first-order chi connectivity index (χ1) is 15.1. The highest BCUT2D eigenvalue weighted by Gasteiger charge is 2.27. The van der Waals surface area contributed by atoms with Crippen LogP contribution in [-0.2, 0) is 17.8 Å². The summed E-state index contributed by atoms with van der Waals surface area (Å²) in [5.41, 5.74) is -0.195. The van der Waals surface area contributed by atoms with Gasteiger partial charge in [-0.1, -0.05) is 12.1 Å². The van der Waals surface area contributed by atoms with Crippen LogP contribution >= 0.6 is 11.3 Å². The van der Waals surface area contributed by atoms with Crippen molar-refractivity contribution < 1.29 is 9.53 Å². The zero-order chi connectivity index (χ0) is 22.9. The van der Waals surface area contributed by atoms with Crippen molar-refractivity contribution in [2.75, 3.05) is 0 Å². The molecule has 0 radical (unpaired) electrons. The first-order valence-corrected chi connectivity index (χ1v) is 11.4. The van der Waals surface area contributed by atoms with Gasteiger partial charge in [0.05, 0.1) is 12.1 Å². The number of fused-ring (bicyclic) bond motifs is 1. The Morgan fingerprint density at radius 2 is 2.00 bits per heavy atom. The molecule has 0 saturated carbocycles. The van der Waals surface area contributed by atoms with Gasteiger partial charge in [0.1, 0.15) is 12.1 Å². The minimum absolute atomic E-state index is 0.427. The predicted octanol–water partition coefficient (Wildman–Crippen LogP) is 4.71. The van der Waals surface area contributed by atoms with Gasteiger partial charge in [0, 0.05) is 22.7 Å². The van der Waals surface area contributed by atoms with Gasteiger partial charge >= 0.3 is 6.09 Å². The second-order valence-corrected chi connectivity index (χ2v) is 10.3. The Hall–Kier alpha value is -3.20. The number of thiophene rings is 1. The van der Waals surface area contributed by atoms with Crippen LogP contribution in [0.4, 0.5) is 4.79 Å². The Morgan fingerprint density at radius 3 is 2.72 bits per heavy atom. The number of amides is 1. The molecule has 0 saturated heterocycles. The number of hydrogen-bond donors (Lipinski definition) is 1. The molecule has 0 atom stereocenters. The second kappa shape index (κ2) is 8.38. The van der Waals surface area contributed by atoms with E-state index in [0.29, 0.717) is 18.9 Å². The lowest BCUT2D eigenvalue weighted by molar-refractivity contribution is 0.0462. The number of rotatable bonds is 6. The fourth-order valence-corrected chi connectivity index (χ4v) is 4.23. The van der Waals surface area contributed by atoms with Crippen LogP contribution in [0, 0.1) is 0 Å². The highest BCUT2D eigenvalue weighted by atomic mass is 32.1. The number of nitrogens with one attached hydrogen (secondary N) is 1. The van der Waals surface area contributed by atoms with E-state index in [1.165, 1.54) is 10.1 Å². The molecule has 4 rings (SSSR count). The van der Waals surface area contributed by atoms with Crippen LogP contribution in [0.25, 0.3) is 21.5 Å². The number of carbonyl (C=O) groups excluding carboxylic acids is 1. The third-order valence-corrected chi connectivity index (χ3v) is 5.56. The average molecular weight is 453 g/mol. The topological polar surface area (TPSA) is 86.9 Å². The summed E-state index contributed by atoms with van der Waals surface area (Å²) in [6.07, 6.45) is 3.16. The normalized spacial score (nSPS) is 12.3. The smallest absolute Gasteiger partial charge is 0.408 e. The van der Waals surface area contributed by atoms with Crippen molar-refractivity contribution in [2.24, 2.45) is 0 Å². The summed E-state index contributed by atoms with van der Waals surface area (Å²) in [6.45, 7) is 10.3. The van der Waals surface area contributed by atoms with Crippen LogP contribution in [0.15, 0.2) is 48.1 Å². The van der Waals surface area contributed by atoms with Gasteiger partial charge in [-0.05, 0) is 63.6 Å². The average Bonchev–Trinajstić information content (AvgIpc) is 3.40. The SMILES string of the molecule is CC(C)(Cn1nc(Cn2cccn2)nc1-c1ccc2ccsc2c1)NC(=O)OC(C)(C)C. The molecular formula is C23H28N6O2S. The van der Waals surface area contributed by atoms with Gasteiger partial charge < -0.3 is 10.1 Å². The minimum Gasteiger partial charge on any atom is -0.444 e. The number of aromatic nitrogens is 5. The van der Waals surface area contributed by atoms with E-state index < -0.39 is 17.2 Å². The fraction of sp³-hybridized carbons (Fsp3) is 0.391. The summed E-state index contributed by atoms with van der Waals surface area (Å²) in [4.78, 5) is 17.2. The van der Waals surface area contributed by atoms with E-state index >= 15 is 0 Å². The van der Waals surface area contributed by atoms with E-state index in [4.69, 9.17) is 14.8 Å². The first kappa shape index (κ1) is 22.0. The van der Waals surface area contributed by atoms with E-state index in [1.54, 1.807) is 22.2 Å². The molecule has 0 spiro atoms. The number of ether oxygens (including phenoxy) is 1. The molecule has 32 heavy (non-hydrogen) atoms. The van der Waals surface area contributed by atoms with Crippen LogP contribution in [0.3, 0.4) is 0 Å². The van der Waals surface area contributed by atoms with E-state index in [0.717, 1.165) is 11.4 Å². The van der Waals surface area contributed by atoms with Crippen molar-refractivity contribution in [3.63, 3.8) is 0 Å². The molecule has 0 fully saturated rings. The quantitative estimate of drug-likeness (QED) is 0.458. The number of nitrogens with zero attached hydrogens (tertiary/aromatic N) is 5. The number of hydrogen-bond acceptors (Lipinski definition) is 6.